The van der Waals surface area contributed by atoms with E-state index in [-0.39, 0.29) is 18.4 Å². The normalized spacial score (nSPS) is 14.2. The van der Waals surface area contributed by atoms with Gasteiger partial charge < -0.3 is 15.4 Å². The van der Waals surface area contributed by atoms with Crippen LogP contribution in [0.4, 0.5) is 0 Å². The minimum atomic E-state index is -0.551. The predicted octanol–water partition coefficient (Wildman–Crippen LogP) is -0.00880. The first-order chi connectivity index (χ1) is 6.93. The lowest BCUT2D eigenvalue weighted by atomic mass is 9.99. The van der Waals surface area contributed by atoms with Crippen LogP contribution in [0.2, 0.25) is 0 Å². The van der Waals surface area contributed by atoms with E-state index in [1.165, 1.54) is 12.0 Å². The van der Waals surface area contributed by atoms with Crippen molar-refractivity contribution in [2.24, 2.45) is 11.7 Å². The van der Waals surface area contributed by atoms with Gasteiger partial charge in [-0.2, -0.15) is 0 Å². The van der Waals surface area contributed by atoms with Gasteiger partial charge in [-0.3, -0.25) is 9.59 Å². The standard InChI is InChI=1S/C10H20N2O3/c1-5-7(2)9(11)10(14)12(3)6-8(13)15-4/h7,9H,5-6,11H2,1-4H3/t7-,9-/m0/s1. The Morgan fingerprint density at radius 3 is 2.40 bits per heavy atom. The highest BCUT2D eigenvalue weighted by Crippen LogP contribution is 2.07. The number of hydrogen-bond donors (Lipinski definition) is 1. The minimum Gasteiger partial charge on any atom is -0.468 e. The van der Waals surface area contributed by atoms with Gasteiger partial charge in [0.1, 0.15) is 6.54 Å². The molecule has 0 heterocycles. The topological polar surface area (TPSA) is 72.6 Å². The molecule has 0 aliphatic heterocycles. The molecule has 0 fully saturated rings. The molecule has 1 amide bonds. The molecule has 15 heavy (non-hydrogen) atoms. The summed E-state index contributed by atoms with van der Waals surface area (Å²) in [6, 6.07) is -0.551. The number of ether oxygens (including phenoxy) is 1. The van der Waals surface area contributed by atoms with Gasteiger partial charge in [0.2, 0.25) is 5.91 Å². The zero-order valence-electron chi connectivity index (χ0n) is 9.82. The Labute approximate surface area is 90.6 Å². The zero-order valence-corrected chi connectivity index (χ0v) is 9.82. The Morgan fingerprint density at radius 1 is 1.47 bits per heavy atom. The van der Waals surface area contributed by atoms with E-state index in [1.807, 2.05) is 13.8 Å². The lowest BCUT2D eigenvalue weighted by Gasteiger charge is -2.23. The summed E-state index contributed by atoms with van der Waals surface area (Å²) in [5.74, 6) is -0.561. The van der Waals surface area contributed by atoms with Crippen molar-refractivity contribution < 1.29 is 14.3 Å². The number of hydrogen-bond acceptors (Lipinski definition) is 4. The first-order valence-electron chi connectivity index (χ1n) is 5.01. The van der Waals surface area contributed by atoms with Crippen molar-refractivity contribution in [3.8, 4) is 0 Å². The minimum absolute atomic E-state index is 0.0561. The molecule has 0 spiro atoms. The molecule has 0 saturated carbocycles. The van der Waals surface area contributed by atoms with Crippen LogP contribution in [0.3, 0.4) is 0 Å². The second-order valence-electron chi connectivity index (χ2n) is 3.68. The summed E-state index contributed by atoms with van der Waals surface area (Å²) in [5.41, 5.74) is 5.75. The van der Waals surface area contributed by atoms with Crippen LogP contribution >= 0.6 is 0 Å². The molecule has 5 heteroatoms. The highest BCUT2D eigenvalue weighted by Gasteiger charge is 2.23. The molecule has 0 radical (unpaired) electrons. The van der Waals surface area contributed by atoms with Gasteiger partial charge in [0.15, 0.2) is 0 Å². The molecule has 2 N–H and O–H groups in total. The number of amides is 1. The third kappa shape index (κ3) is 4.29. The van der Waals surface area contributed by atoms with Gasteiger partial charge in [-0.05, 0) is 5.92 Å². The Kier molecular flexibility index (Phi) is 5.93. The number of likely N-dealkylation sites (N-methyl/N-ethyl adjacent to an activating group) is 1. The quantitative estimate of drug-likeness (QED) is 0.656. The number of methoxy groups -OCH3 is 1. The molecule has 0 aromatic carbocycles. The van der Waals surface area contributed by atoms with E-state index < -0.39 is 12.0 Å². The summed E-state index contributed by atoms with van der Waals surface area (Å²) < 4.78 is 4.46. The van der Waals surface area contributed by atoms with Crippen molar-refractivity contribution in [3.63, 3.8) is 0 Å². The molecule has 0 aliphatic carbocycles. The number of rotatable bonds is 5. The molecule has 5 nitrogen and oxygen atoms in total. The molecule has 0 unspecified atom stereocenters. The van der Waals surface area contributed by atoms with Crippen molar-refractivity contribution in [2.75, 3.05) is 20.7 Å². The van der Waals surface area contributed by atoms with E-state index >= 15 is 0 Å². The molecule has 0 aliphatic rings. The Morgan fingerprint density at radius 2 is 2.00 bits per heavy atom. The van der Waals surface area contributed by atoms with Gasteiger partial charge in [-0.25, -0.2) is 0 Å². The Hall–Kier alpha value is -1.10. The molecule has 0 bridgehead atoms. The summed E-state index contributed by atoms with van der Waals surface area (Å²) >= 11 is 0. The van der Waals surface area contributed by atoms with Crippen LogP contribution in [0.1, 0.15) is 20.3 Å². The largest absolute Gasteiger partial charge is 0.468 e. The number of nitrogens with two attached hydrogens (primary N) is 1. The molecule has 0 aromatic heterocycles. The summed E-state index contributed by atoms with van der Waals surface area (Å²) in [6.45, 7) is 3.83. The van der Waals surface area contributed by atoms with E-state index in [0.717, 1.165) is 6.42 Å². The maximum Gasteiger partial charge on any atom is 0.325 e. The van der Waals surface area contributed by atoms with Gasteiger partial charge in [-0.1, -0.05) is 20.3 Å². The van der Waals surface area contributed by atoms with Crippen LogP contribution < -0.4 is 5.73 Å². The second kappa shape index (κ2) is 6.40. The van der Waals surface area contributed by atoms with E-state index in [4.69, 9.17) is 5.73 Å². The van der Waals surface area contributed by atoms with E-state index in [2.05, 4.69) is 4.74 Å². The van der Waals surface area contributed by atoms with Gasteiger partial charge in [0.05, 0.1) is 13.2 Å². The second-order valence-corrected chi connectivity index (χ2v) is 3.68. The average Bonchev–Trinajstić information content (AvgIpc) is 2.25. The fourth-order valence-electron chi connectivity index (χ4n) is 1.09. The van der Waals surface area contributed by atoms with Crippen LogP contribution in [0.5, 0.6) is 0 Å². The SMILES string of the molecule is CC[C@H](C)[C@H](N)C(=O)N(C)CC(=O)OC. The number of esters is 1. The molecular weight excluding hydrogens is 196 g/mol. The maximum absolute atomic E-state index is 11.7. The van der Waals surface area contributed by atoms with Crippen molar-refractivity contribution in [1.29, 1.82) is 0 Å². The lowest BCUT2D eigenvalue weighted by molar-refractivity contribution is -0.146. The molecule has 0 saturated heterocycles. The van der Waals surface area contributed by atoms with Crippen LogP contribution in [0.15, 0.2) is 0 Å². The molecule has 2 atom stereocenters. The third-order valence-electron chi connectivity index (χ3n) is 2.51. The first-order valence-corrected chi connectivity index (χ1v) is 5.01. The monoisotopic (exact) mass is 216 g/mol. The van der Waals surface area contributed by atoms with Crippen molar-refractivity contribution in [2.45, 2.75) is 26.3 Å². The van der Waals surface area contributed by atoms with Gasteiger partial charge in [-0.15, -0.1) is 0 Å². The predicted molar refractivity (Wildman–Crippen MR) is 57.1 cm³/mol. The Balaban J connectivity index is 4.25. The van der Waals surface area contributed by atoms with Crippen molar-refractivity contribution in [3.05, 3.63) is 0 Å². The molecule has 0 rings (SSSR count). The van der Waals surface area contributed by atoms with E-state index in [0.29, 0.717) is 0 Å². The van der Waals surface area contributed by atoms with Crippen LogP contribution in [-0.4, -0.2) is 43.5 Å². The number of carbonyl (C=O) groups excluding carboxylic acids is 2. The third-order valence-corrected chi connectivity index (χ3v) is 2.51. The fraction of sp³-hybridized carbons (Fsp3) is 0.800. The van der Waals surface area contributed by atoms with Crippen molar-refractivity contribution >= 4 is 11.9 Å². The average molecular weight is 216 g/mol. The summed E-state index contributed by atoms with van der Waals surface area (Å²) in [7, 11) is 2.83. The highest BCUT2D eigenvalue weighted by atomic mass is 16.5. The highest BCUT2D eigenvalue weighted by molar-refractivity contribution is 5.85. The summed E-state index contributed by atoms with van der Waals surface area (Å²) in [6.07, 6.45) is 0.832. The summed E-state index contributed by atoms with van der Waals surface area (Å²) in [5, 5.41) is 0. The molecular formula is C10H20N2O3. The fourth-order valence-corrected chi connectivity index (χ4v) is 1.09. The van der Waals surface area contributed by atoms with Crippen LogP contribution in [-0.2, 0) is 14.3 Å². The van der Waals surface area contributed by atoms with Gasteiger partial charge >= 0.3 is 5.97 Å². The van der Waals surface area contributed by atoms with E-state index in [1.54, 1.807) is 7.05 Å². The van der Waals surface area contributed by atoms with Gasteiger partial charge in [0, 0.05) is 7.05 Å². The number of nitrogens with zero attached hydrogens (tertiary/aromatic N) is 1. The smallest absolute Gasteiger partial charge is 0.325 e. The van der Waals surface area contributed by atoms with Gasteiger partial charge in [0.25, 0.3) is 0 Å². The Bertz CT molecular complexity index is 231. The van der Waals surface area contributed by atoms with Crippen LogP contribution in [0, 0.1) is 5.92 Å². The van der Waals surface area contributed by atoms with E-state index in [9.17, 15) is 9.59 Å². The van der Waals surface area contributed by atoms with Crippen LogP contribution in [0.25, 0.3) is 0 Å². The molecule has 0 aromatic rings. The zero-order chi connectivity index (χ0) is 12.0. The summed E-state index contributed by atoms with van der Waals surface area (Å²) in [4.78, 5) is 23.9. The first kappa shape index (κ1) is 13.9. The maximum atomic E-state index is 11.7. The number of carbonyl (C=O) groups is 2. The molecule has 88 valence electrons. The van der Waals surface area contributed by atoms with Crippen molar-refractivity contribution in [1.82, 2.24) is 4.90 Å². The lowest BCUT2D eigenvalue weighted by Crippen LogP contribution is -2.47.